The number of ether oxygens (including phenoxy) is 1. The number of amides is 1. The van der Waals surface area contributed by atoms with E-state index < -0.39 is 21.8 Å². The van der Waals surface area contributed by atoms with Gasteiger partial charge in [0.1, 0.15) is 29.8 Å². The smallest absolute Gasteiger partial charge is 0.262 e. The van der Waals surface area contributed by atoms with E-state index in [4.69, 9.17) is 9.84 Å². The highest BCUT2D eigenvalue weighted by Gasteiger charge is 2.29. The van der Waals surface area contributed by atoms with E-state index in [1.54, 1.807) is 53.3 Å². The largest absolute Gasteiger partial charge is 0.489 e. The van der Waals surface area contributed by atoms with Crippen LogP contribution in [0, 0.1) is 17.1 Å². The third kappa shape index (κ3) is 6.27. The molecule has 202 valence electrons. The summed E-state index contributed by atoms with van der Waals surface area (Å²) in [6.45, 7) is 0.0750. The second-order valence-electron chi connectivity index (χ2n) is 9.36. The fourth-order valence-electron chi connectivity index (χ4n) is 4.39. The topological polar surface area (TPSA) is 114 Å². The highest BCUT2D eigenvalue weighted by Crippen LogP contribution is 2.28. The third-order valence-electron chi connectivity index (χ3n) is 6.48. The van der Waals surface area contributed by atoms with E-state index in [1.807, 2.05) is 36.4 Å². The molecule has 4 aromatic rings. The van der Waals surface area contributed by atoms with E-state index >= 15 is 0 Å². The number of carbonyl (C=O) groups is 1. The second kappa shape index (κ2) is 11.6. The van der Waals surface area contributed by atoms with Crippen LogP contribution >= 0.6 is 0 Å². The Morgan fingerprint density at radius 3 is 2.50 bits per heavy atom. The Morgan fingerprint density at radius 2 is 1.82 bits per heavy atom. The highest BCUT2D eigenvalue weighted by atomic mass is 32.2. The molecule has 3 aromatic carbocycles. The maximum atomic E-state index is 13.9. The highest BCUT2D eigenvalue weighted by molar-refractivity contribution is 7.91. The van der Waals surface area contributed by atoms with Gasteiger partial charge in [0.15, 0.2) is 9.84 Å². The predicted octanol–water partition coefficient (Wildman–Crippen LogP) is 4.47. The minimum absolute atomic E-state index is 0.0114. The average Bonchev–Trinajstić information content (AvgIpc) is 3.54. The molecule has 8 nitrogen and oxygen atoms in total. The number of halogens is 1. The van der Waals surface area contributed by atoms with Crippen LogP contribution in [0.2, 0.25) is 0 Å². The van der Waals surface area contributed by atoms with Gasteiger partial charge >= 0.3 is 0 Å². The lowest BCUT2D eigenvalue weighted by Crippen LogP contribution is -2.36. The van der Waals surface area contributed by atoms with Gasteiger partial charge in [-0.15, -0.1) is 0 Å². The maximum absolute atomic E-state index is 13.9. The molecular weight excluding hydrogens is 531 g/mol. The van der Waals surface area contributed by atoms with Crippen LogP contribution in [0.25, 0.3) is 23.0 Å². The van der Waals surface area contributed by atoms with Crippen LogP contribution in [0.4, 0.5) is 4.39 Å². The molecule has 0 radical (unpaired) electrons. The van der Waals surface area contributed by atoms with Gasteiger partial charge in [-0.3, -0.25) is 4.79 Å². The summed E-state index contributed by atoms with van der Waals surface area (Å²) >= 11 is 0. The number of nitrogens with one attached hydrogen (secondary N) is 1. The van der Waals surface area contributed by atoms with Crippen LogP contribution in [0.3, 0.4) is 0 Å². The van der Waals surface area contributed by atoms with Crippen LogP contribution in [0.15, 0.2) is 90.6 Å². The van der Waals surface area contributed by atoms with Crippen molar-refractivity contribution in [3.63, 3.8) is 0 Å². The zero-order valence-corrected chi connectivity index (χ0v) is 22.1. The van der Waals surface area contributed by atoms with Gasteiger partial charge in [0.25, 0.3) is 5.91 Å². The number of sulfone groups is 1. The predicted molar refractivity (Wildman–Crippen MR) is 149 cm³/mol. The molecule has 0 bridgehead atoms. The van der Waals surface area contributed by atoms with Crippen LogP contribution < -0.4 is 10.1 Å². The van der Waals surface area contributed by atoms with E-state index in [2.05, 4.69) is 5.32 Å². The summed E-state index contributed by atoms with van der Waals surface area (Å²) in [4.78, 5) is 12.9. The van der Waals surface area contributed by atoms with Gasteiger partial charge in [0.05, 0.1) is 22.9 Å². The van der Waals surface area contributed by atoms with E-state index in [1.165, 1.54) is 12.1 Å². The average molecular weight is 557 g/mol. The Balaban J connectivity index is 1.42. The third-order valence-corrected chi connectivity index (χ3v) is 8.24. The molecule has 1 unspecified atom stereocenters. The van der Waals surface area contributed by atoms with E-state index in [0.29, 0.717) is 34.6 Å². The van der Waals surface area contributed by atoms with Gasteiger partial charge in [0, 0.05) is 28.9 Å². The standard InChI is InChI=1S/C30H25FN4O4S/c31-28-9-5-4-6-22(28)19-39-27-12-10-21(11-13-27)29-24(18-35(34-29)26-7-2-1-3-8-26)16-23(17-32)30(36)33-25-14-15-40(37,38)20-25/h1-13,16,18,25H,14-15,19-20H2,(H,33,36). The van der Waals surface area contributed by atoms with Crippen molar-refractivity contribution >= 4 is 21.8 Å². The molecule has 1 saturated heterocycles. The van der Waals surface area contributed by atoms with Crippen molar-refractivity contribution in [1.82, 2.24) is 15.1 Å². The van der Waals surface area contributed by atoms with E-state index in [-0.39, 0.29) is 29.5 Å². The second-order valence-corrected chi connectivity index (χ2v) is 11.6. The Morgan fingerprint density at radius 1 is 1.10 bits per heavy atom. The molecule has 0 aliphatic carbocycles. The monoisotopic (exact) mass is 556 g/mol. The van der Waals surface area contributed by atoms with Crippen molar-refractivity contribution in [2.75, 3.05) is 11.5 Å². The number of aromatic nitrogens is 2. The fourth-order valence-corrected chi connectivity index (χ4v) is 6.07. The molecule has 1 aromatic heterocycles. The molecule has 0 spiro atoms. The Bertz CT molecular complexity index is 1710. The van der Waals surface area contributed by atoms with Crippen molar-refractivity contribution in [1.29, 1.82) is 5.26 Å². The van der Waals surface area contributed by atoms with Gasteiger partial charge in [-0.1, -0.05) is 36.4 Å². The quantitative estimate of drug-likeness (QED) is 0.253. The molecule has 10 heteroatoms. The van der Waals surface area contributed by atoms with Crippen molar-refractivity contribution < 1.29 is 22.3 Å². The number of nitrogens with zero attached hydrogens (tertiary/aromatic N) is 3. The first-order valence-electron chi connectivity index (χ1n) is 12.6. The molecule has 1 atom stereocenters. The number of nitriles is 1. The number of rotatable bonds is 8. The first-order valence-corrected chi connectivity index (χ1v) is 14.4. The molecule has 1 N–H and O–H groups in total. The number of hydrogen-bond donors (Lipinski definition) is 1. The lowest BCUT2D eigenvalue weighted by Gasteiger charge is -2.10. The SMILES string of the molecule is N#CC(=Cc1cn(-c2ccccc2)nc1-c1ccc(OCc2ccccc2F)cc1)C(=O)NC1CCS(=O)(=O)C1. The Labute approximate surface area is 231 Å². The Kier molecular flexibility index (Phi) is 7.75. The molecule has 40 heavy (non-hydrogen) atoms. The fraction of sp³-hybridized carbons (Fsp3) is 0.167. The van der Waals surface area contributed by atoms with Crippen molar-refractivity contribution in [3.05, 3.63) is 108 Å². The molecule has 0 saturated carbocycles. The summed E-state index contributed by atoms with van der Waals surface area (Å²) in [7, 11) is -3.19. The van der Waals surface area contributed by atoms with Crippen LogP contribution in [0.5, 0.6) is 5.75 Å². The van der Waals surface area contributed by atoms with Crippen LogP contribution in [-0.2, 0) is 21.2 Å². The molecule has 1 fully saturated rings. The van der Waals surface area contributed by atoms with Gasteiger partial charge in [-0.2, -0.15) is 10.4 Å². The minimum atomic E-state index is -3.19. The summed E-state index contributed by atoms with van der Waals surface area (Å²) in [6, 6.07) is 24.3. The molecule has 1 amide bonds. The van der Waals surface area contributed by atoms with Gasteiger partial charge in [0.2, 0.25) is 0 Å². The summed E-state index contributed by atoms with van der Waals surface area (Å²) < 4.78 is 44.9. The molecule has 1 aliphatic rings. The summed E-state index contributed by atoms with van der Waals surface area (Å²) in [6.07, 6.45) is 3.48. The van der Waals surface area contributed by atoms with Crippen molar-refractivity contribution in [3.8, 4) is 28.8 Å². The number of carbonyl (C=O) groups excluding carboxylic acids is 1. The van der Waals surface area contributed by atoms with Crippen molar-refractivity contribution in [2.45, 2.75) is 19.1 Å². The van der Waals surface area contributed by atoms with Gasteiger partial charge in [-0.05, 0) is 55.0 Å². The lowest BCUT2D eigenvalue weighted by atomic mass is 10.1. The molecule has 5 rings (SSSR count). The molecular formula is C30H25FN4O4S. The maximum Gasteiger partial charge on any atom is 0.262 e. The van der Waals surface area contributed by atoms with E-state index in [0.717, 1.165) is 5.69 Å². The first kappa shape index (κ1) is 26.8. The number of hydrogen-bond acceptors (Lipinski definition) is 6. The van der Waals surface area contributed by atoms with E-state index in [9.17, 15) is 22.9 Å². The Hall–Kier alpha value is -4.75. The molecule has 2 heterocycles. The summed E-state index contributed by atoms with van der Waals surface area (Å²) in [5.41, 5.74) is 2.82. The minimum Gasteiger partial charge on any atom is -0.489 e. The first-order chi connectivity index (χ1) is 19.3. The normalized spacial score (nSPS) is 16.3. The van der Waals surface area contributed by atoms with Crippen LogP contribution in [0.1, 0.15) is 17.5 Å². The zero-order valence-electron chi connectivity index (χ0n) is 21.3. The van der Waals surface area contributed by atoms with Crippen LogP contribution in [-0.4, -0.2) is 41.7 Å². The lowest BCUT2D eigenvalue weighted by molar-refractivity contribution is -0.117. The number of benzene rings is 3. The van der Waals surface area contributed by atoms with Crippen molar-refractivity contribution in [2.24, 2.45) is 0 Å². The number of para-hydroxylation sites is 1. The summed E-state index contributed by atoms with van der Waals surface area (Å²) in [5, 5.41) is 17.1. The molecule has 1 aliphatic heterocycles. The summed E-state index contributed by atoms with van der Waals surface area (Å²) in [5.74, 6) is -0.568. The van der Waals surface area contributed by atoms with Gasteiger partial charge in [-0.25, -0.2) is 17.5 Å². The zero-order chi connectivity index (χ0) is 28.1. The van der Waals surface area contributed by atoms with Gasteiger partial charge < -0.3 is 10.1 Å².